The number of rotatable bonds is 2. The standard InChI is InChI=1S/C20H26N2O3/c1-19(2)13-24-20(25-14-19)7-9-22(10-8-20)18-16(12-23)11-15-5-3-4-6-17(15)21-18/h3-6,11,23H,7-10,12-14H2,1-2H3. The van der Waals surface area contributed by atoms with E-state index in [2.05, 4.69) is 18.7 Å². The van der Waals surface area contributed by atoms with E-state index in [9.17, 15) is 5.11 Å². The summed E-state index contributed by atoms with van der Waals surface area (Å²) in [4.78, 5) is 7.06. The van der Waals surface area contributed by atoms with Gasteiger partial charge in [-0.1, -0.05) is 32.0 Å². The molecule has 0 radical (unpaired) electrons. The van der Waals surface area contributed by atoms with Gasteiger partial charge in [-0.3, -0.25) is 0 Å². The number of aliphatic hydroxyl groups excluding tert-OH is 1. The number of ether oxygens (including phenoxy) is 2. The molecule has 0 saturated carbocycles. The molecule has 2 aliphatic rings. The predicted molar refractivity (Wildman–Crippen MR) is 97.5 cm³/mol. The average molecular weight is 342 g/mol. The highest BCUT2D eigenvalue weighted by Crippen LogP contribution is 2.37. The van der Waals surface area contributed by atoms with Gasteiger partial charge in [0.15, 0.2) is 5.79 Å². The highest BCUT2D eigenvalue weighted by Gasteiger charge is 2.43. The topological polar surface area (TPSA) is 54.8 Å². The number of aromatic nitrogens is 1. The van der Waals surface area contributed by atoms with Crippen molar-refractivity contribution in [1.82, 2.24) is 4.98 Å². The lowest BCUT2D eigenvalue weighted by Crippen LogP contribution is -2.54. The molecule has 0 aliphatic carbocycles. The number of nitrogens with zero attached hydrogens (tertiary/aromatic N) is 2. The van der Waals surface area contributed by atoms with Gasteiger partial charge in [-0.25, -0.2) is 4.98 Å². The molecular formula is C20H26N2O3. The Morgan fingerprint density at radius 3 is 2.48 bits per heavy atom. The summed E-state index contributed by atoms with van der Waals surface area (Å²) in [6, 6.07) is 10.1. The van der Waals surface area contributed by atoms with Crippen molar-refractivity contribution in [1.29, 1.82) is 0 Å². The van der Waals surface area contributed by atoms with E-state index in [1.807, 2.05) is 30.3 Å². The molecule has 134 valence electrons. The minimum Gasteiger partial charge on any atom is -0.392 e. The third-order valence-electron chi connectivity index (χ3n) is 5.23. The summed E-state index contributed by atoms with van der Waals surface area (Å²) in [7, 11) is 0. The number of piperidine rings is 1. The van der Waals surface area contributed by atoms with Crippen LogP contribution in [0.5, 0.6) is 0 Å². The van der Waals surface area contributed by atoms with Gasteiger partial charge in [-0.15, -0.1) is 0 Å². The molecule has 0 amide bonds. The second kappa shape index (κ2) is 6.24. The first-order valence-electron chi connectivity index (χ1n) is 9.03. The molecule has 25 heavy (non-hydrogen) atoms. The molecule has 5 nitrogen and oxygen atoms in total. The molecule has 2 saturated heterocycles. The van der Waals surface area contributed by atoms with Gasteiger partial charge in [0.1, 0.15) is 5.82 Å². The summed E-state index contributed by atoms with van der Waals surface area (Å²) in [6.07, 6.45) is 1.64. The molecule has 5 heteroatoms. The Bertz CT molecular complexity index is 755. The second-order valence-corrected chi connectivity index (χ2v) is 7.96. The molecule has 1 N–H and O–H groups in total. The van der Waals surface area contributed by atoms with E-state index < -0.39 is 5.79 Å². The van der Waals surface area contributed by atoms with Gasteiger partial charge in [0.2, 0.25) is 0 Å². The SMILES string of the molecule is CC1(C)COC2(CCN(c3nc4ccccc4cc3CO)CC2)OC1. The summed E-state index contributed by atoms with van der Waals surface area (Å²) in [5, 5.41) is 10.9. The zero-order valence-electron chi connectivity index (χ0n) is 15.0. The summed E-state index contributed by atoms with van der Waals surface area (Å²) in [5.74, 6) is 0.439. The van der Waals surface area contributed by atoms with Gasteiger partial charge in [0.05, 0.1) is 25.3 Å². The van der Waals surface area contributed by atoms with E-state index in [4.69, 9.17) is 14.5 Å². The Labute approximate surface area is 148 Å². The fraction of sp³-hybridized carbons (Fsp3) is 0.550. The largest absolute Gasteiger partial charge is 0.392 e. The van der Waals surface area contributed by atoms with E-state index >= 15 is 0 Å². The zero-order valence-corrected chi connectivity index (χ0v) is 15.0. The first-order valence-corrected chi connectivity index (χ1v) is 9.03. The Morgan fingerprint density at radius 1 is 1.12 bits per heavy atom. The molecule has 2 aromatic rings. The van der Waals surface area contributed by atoms with Gasteiger partial charge in [0, 0.05) is 42.3 Å². The Hall–Kier alpha value is -1.69. The van der Waals surface area contributed by atoms with E-state index in [0.717, 1.165) is 61.4 Å². The lowest BCUT2D eigenvalue weighted by Gasteiger charge is -2.47. The molecule has 4 rings (SSSR count). The maximum atomic E-state index is 9.79. The lowest BCUT2D eigenvalue weighted by atomic mass is 9.92. The van der Waals surface area contributed by atoms with Crippen LogP contribution in [0.25, 0.3) is 10.9 Å². The Morgan fingerprint density at radius 2 is 1.80 bits per heavy atom. The van der Waals surface area contributed by atoms with Crippen molar-refractivity contribution in [3.63, 3.8) is 0 Å². The van der Waals surface area contributed by atoms with Crippen LogP contribution in [0, 0.1) is 5.41 Å². The minimum atomic E-state index is -0.442. The van der Waals surface area contributed by atoms with Crippen molar-refractivity contribution >= 4 is 16.7 Å². The van der Waals surface area contributed by atoms with E-state index in [-0.39, 0.29) is 12.0 Å². The monoisotopic (exact) mass is 342 g/mol. The molecule has 3 heterocycles. The highest BCUT2D eigenvalue weighted by molar-refractivity contribution is 5.81. The number of anilines is 1. The minimum absolute atomic E-state index is 0.00397. The quantitative estimate of drug-likeness (QED) is 0.909. The Balaban J connectivity index is 1.54. The number of hydrogen-bond donors (Lipinski definition) is 1. The summed E-state index contributed by atoms with van der Waals surface area (Å²) in [6.45, 7) is 7.45. The molecule has 0 unspecified atom stereocenters. The zero-order chi connectivity index (χ0) is 17.5. The molecule has 2 fully saturated rings. The van der Waals surface area contributed by atoms with Gasteiger partial charge < -0.3 is 19.5 Å². The van der Waals surface area contributed by atoms with Crippen molar-refractivity contribution in [2.45, 2.75) is 39.1 Å². The third-order valence-corrected chi connectivity index (χ3v) is 5.23. The van der Waals surface area contributed by atoms with Crippen molar-refractivity contribution in [3.05, 3.63) is 35.9 Å². The van der Waals surface area contributed by atoms with Crippen LogP contribution in [0.1, 0.15) is 32.3 Å². The molecule has 0 bridgehead atoms. The number of hydrogen-bond acceptors (Lipinski definition) is 5. The van der Waals surface area contributed by atoms with Gasteiger partial charge in [0.25, 0.3) is 0 Å². The normalized spacial score (nSPS) is 22.4. The number of pyridine rings is 1. The van der Waals surface area contributed by atoms with Crippen molar-refractivity contribution in [3.8, 4) is 0 Å². The van der Waals surface area contributed by atoms with Crippen LogP contribution in [-0.2, 0) is 16.1 Å². The summed E-state index contributed by atoms with van der Waals surface area (Å²) in [5.41, 5.74) is 1.93. The fourth-order valence-electron chi connectivity index (χ4n) is 3.62. The fourth-order valence-corrected chi connectivity index (χ4v) is 3.62. The summed E-state index contributed by atoms with van der Waals surface area (Å²) < 4.78 is 12.2. The first kappa shape index (κ1) is 16.8. The van der Waals surface area contributed by atoms with Crippen molar-refractivity contribution in [2.24, 2.45) is 5.41 Å². The lowest BCUT2D eigenvalue weighted by molar-refractivity contribution is -0.305. The van der Waals surface area contributed by atoms with Crippen LogP contribution in [0.2, 0.25) is 0 Å². The van der Waals surface area contributed by atoms with Gasteiger partial charge in [-0.2, -0.15) is 0 Å². The predicted octanol–water partition coefficient (Wildman–Crippen LogP) is 3.10. The van der Waals surface area contributed by atoms with E-state index in [1.54, 1.807) is 0 Å². The van der Waals surface area contributed by atoms with E-state index in [0.29, 0.717) is 0 Å². The number of benzene rings is 1. The number of aliphatic hydroxyl groups is 1. The Kier molecular flexibility index (Phi) is 4.18. The van der Waals surface area contributed by atoms with Crippen LogP contribution < -0.4 is 4.90 Å². The molecule has 1 spiro atoms. The highest BCUT2D eigenvalue weighted by atomic mass is 16.7. The van der Waals surface area contributed by atoms with Crippen LogP contribution in [0.3, 0.4) is 0 Å². The number of fused-ring (bicyclic) bond motifs is 1. The van der Waals surface area contributed by atoms with Crippen molar-refractivity contribution in [2.75, 3.05) is 31.2 Å². The van der Waals surface area contributed by atoms with Crippen LogP contribution in [0.4, 0.5) is 5.82 Å². The van der Waals surface area contributed by atoms with Crippen LogP contribution in [-0.4, -0.2) is 42.2 Å². The molecule has 2 aliphatic heterocycles. The van der Waals surface area contributed by atoms with Crippen LogP contribution in [0.15, 0.2) is 30.3 Å². The maximum absolute atomic E-state index is 9.79. The van der Waals surface area contributed by atoms with Crippen LogP contribution >= 0.6 is 0 Å². The van der Waals surface area contributed by atoms with E-state index in [1.165, 1.54) is 0 Å². The molecule has 1 aromatic carbocycles. The maximum Gasteiger partial charge on any atom is 0.171 e. The molecule has 0 atom stereocenters. The average Bonchev–Trinajstić information content (AvgIpc) is 2.64. The third kappa shape index (κ3) is 3.24. The van der Waals surface area contributed by atoms with Gasteiger partial charge >= 0.3 is 0 Å². The van der Waals surface area contributed by atoms with Crippen molar-refractivity contribution < 1.29 is 14.6 Å². The number of para-hydroxylation sites is 1. The molecule has 1 aromatic heterocycles. The second-order valence-electron chi connectivity index (χ2n) is 7.96. The van der Waals surface area contributed by atoms with Gasteiger partial charge in [-0.05, 0) is 12.1 Å². The molecular weight excluding hydrogens is 316 g/mol. The summed E-state index contributed by atoms with van der Waals surface area (Å²) >= 11 is 0. The smallest absolute Gasteiger partial charge is 0.171 e. The first-order chi connectivity index (χ1) is 12.0.